The summed E-state index contributed by atoms with van der Waals surface area (Å²) in [5.74, 6) is -0.973. The van der Waals surface area contributed by atoms with Crippen LogP contribution in [0.25, 0.3) is 10.8 Å². The van der Waals surface area contributed by atoms with E-state index in [1.807, 2.05) is 48.5 Å². The quantitative estimate of drug-likeness (QED) is 0.249. The maximum Gasteiger partial charge on any atom is 0.328 e. The SMILES string of the molecule is COC(=O)C(Cc1ccc(Br)cc1)NC(=O)c1cc(NCc2cccc3ccccc23)ccc1Cl. The molecule has 0 saturated heterocycles. The van der Waals surface area contributed by atoms with Gasteiger partial charge in [-0.3, -0.25) is 4.79 Å². The largest absolute Gasteiger partial charge is 0.467 e. The smallest absolute Gasteiger partial charge is 0.328 e. The number of rotatable bonds is 8. The third-order valence-corrected chi connectivity index (χ3v) is 6.58. The average Bonchev–Trinajstić information content (AvgIpc) is 2.88. The summed E-state index contributed by atoms with van der Waals surface area (Å²) in [6, 6.07) is 26.2. The van der Waals surface area contributed by atoms with Crippen molar-refractivity contribution in [1.29, 1.82) is 0 Å². The molecule has 0 aliphatic carbocycles. The van der Waals surface area contributed by atoms with Crippen molar-refractivity contribution in [3.63, 3.8) is 0 Å². The third-order valence-electron chi connectivity index (χ3n) is 5.72. The van der Waals surface area contributed by atoms with Gasteiger partial charge in [-0.15, -0.1) is 0 Å². The molecule has 0 aromatic heterocycles. The first-order valence-corrected chi connectivity index (χ1v) is 12.2. The molecule has 4 aromatic rings. The fourth-order valence-electron chi connectivity index (χ4n) is 3.88. The minimum absolute atomic E-state index is 0.277. The standard InChI is InChI=1S/C28H24BrClN2O3/c1-35-28(34)26(15-18-9-11-21(29)12-10-18)32-27(33)24-16-22(13-14-25(24)30)31-17-20-7-4-6-19-5-2-3-8-23(19)20/h2-14,16,26,31H,15,17H2,1H3,(H,32,33). The highest BCUT2D eigenvalue weighted by Gasteiger charge is 2.24. The minimum Gasteiger partial charge on any atom is -0.467 e. The van der Waals surface area contributed by atoms with Crippen molar-refractivity contribution in [1.82, 2.24) is 5.32 Å². The summed E-state index contributed by atoms with van der Waals surface area (Å²) in [7, 11) is 1.30. The first kappa shape index (κ1) is 24.8. The van der Waals surface area contributed by atoms with Gasteiger partial charge in [-0.05, 0) is 52.2 Å². The fraction of sp³-hybridized carbons (Fsp3) is 0.143. The molecule has 0 spiro atoms. The van der Waals surface area contributed by atoms with Crippen molar-refractivity contribution >= 4 is 55.9 Å². The number of nitrogens with one attached hydrogen (secondary N) is 2. The molecule has 0 aliphatic rings. The molecular formula is C28H24BrClN2O3. The second-order valence-electron chi connectivity index (χ2n) is 8.07. The van der Waals surface area contributed by atoms with Gasteiger partial charge in [0.2, 0.25) is 0 Å². The highest BCUT2D eigenvalue weighted by molar-refractivity contribution is 9.10. The van der Waals surface area contributed by atoms with Crippen LogP contribution in [0.2, 0.25) is 5.02 Å². The van der Waals surface area contributed by atoms with E-state index in [1.165, 1.54) is 17.9 Å². The summed E-state index contributed by atoms with van der Waals surface area (Å²) >= 11 is 9.75. The van der Waals surface area contributed by atoms with E-state index >= 15 is 0 Å². The van der Waals surface area contributed by atoms with E-state index in [9.17, 15) is 9.59 Å². The minimum atomic E-state index is -0.850. The van der Waals surface area contributed by atoms with Crippen molar-refractivity contribution in [2.75, 3.05) is 12.4 Å². The Kier molecular flexibility index (Phi) is 8.06. The maximum atomic E-state index is 13.1. The molecule has 7 heteroatoms. The Morgan fingerprint density at radius 1 is 0.971 bits per heavy atom. The first-order chi connectivity index (χ1) is 16.9. The fourth-order valence-corrected chi connectivity index (χ4v) is 4.35. The third kappa shape index (κ3) is 6.21. The monoisotopic (exact) mass is 550 g/mol. The number of ether oxygens (including phenoxy) is 1. The van der Waals surface area contributed by atoms with Crippen LogP contribution >= 0.6 is 27.5 Å². The van der Waals surface area contributed by atoms with Crippen molar-refractivity contribution in [3.8, 4) is 0 Å². The lowest BCUT2D eigenvalue weighted by molar-refractivity contribution is -0.142. The summed E-state index contributed by atoms with van der Waals surface area (Å²) < 4.78 is 5.84. The van der Waals surface area contributed by atoms with Gasteiger partial charge in [0.05, 0.1) is 17.7 Å². The zero-order chi connectivity index (χ0) is 24.8. The number of amides is 1. The molecule has 5 nitrogen and oxygen atoms in total. The van der Waals surface area contributed by atoms with Crippen molar-refractivity contribution in [3.05, 3.63) is 111 Å². The molecule has 35 heavy (non-hydrogen) atoms. The lowest BCUT2D eigenvalue weighted by atomic mass is 10.0. The predicted molar refractivity (Wildman–Crippen MR) is 144 cm³/mol. The number of hydrogen-bond acceptors (Lipinski definition) is 4. The van der Waals surface area contributed by atoms with Crippen molar-refractivity contribution in [2.24, 2.45) is 0 Å². The van der Waals surface area contributed by atoms with Gasteiger partial charge in [0.1, 0.15) is 6.04 Å². The molecule has 0 aliphatic heterocycles. The van der Waals surface area contributed by atoms with E-state index in [0.29, 0.717) is 18.0 Å². The first-order valence-electron chi connectivity index (χ1n) is 11.1. The van der Waals surface area contributed by atoms with Crippen LogP contribution < -0.4 is 10.6 Å². The Morgan fingerprint density at radius 3 is 2.49 bits per heavy atom. The average molecular weight is 552 g/mol. The zero-order valence-electron chi connectivity index (χ0n) is 19.1. The Morgan fingerprint density at radius 2 is 1.71 bits per heavy atom. The van der Waals surface area contributed by atoms with Crippen LogP contribution in [0.4, 0.5) is 5.69 Å². The number of hydrogen-bond donors (Lipinski definition) is 2. The molecule has 0 bridgehead atoms. The number of carbonyl (C=O) groups excluding carboxylic acids is 2. The summed E-state index contributed by atoms with van der Waals surface area (Å²) in [5, 5.41) is 8.78. The molecule has 4 rings (SSSR count). The summed E-state index contributed by atoms with van der Waals surface area (Å²) in [4.78, 5) is 25.5. The Hall–Kier alpha value is -3.35. The van der Waals surface area contributed by atoms with E-state index in [0.717, 1.165) is 21.3 Å². The van der Waals surface area contributed by atoms with Crippen LogP contribution in [0.3, 0.4) is 0 Å². The number of fused-ring (bicyclic) bond motifs is 1. The van der Waals surface area contributed by atoms with Gasteiger partial charge in [-0.25, -0.2) is 4.79 Å². The second-order valence-corrected chi connectivity index (χ2v) is 9.39. The van der Waals surface area contributed by atoms with E-state index < -0.39 is 17.9 Å². The van der Waals surface area contributed by atoms with Gasteiger partial charge in [0.15, 0.2) is 0 Å². The molecule has 178 valence electrons. The lowest BCUT2D eigenvalue weighted by Crippen LogP contribution is -2.43. The molecule has 0 saturated carbocycles. The number of methoxy groups -OCH3 is 1. The van der Waals surface area contributed by atoms with Gasteiger partial charge in [0, 0.05) is 23.1 Å². The van der Waals surface area contributed by atoms with Gasteiger partial charge < -0.3 is 15.4 Å². The molecule has 1 unspecified atom stereocenters. The van der Waals surface area contributed by atoms with Crippen LogP contribution in [0.5, 0.6) is 0 Å². The highest BCUT2D eigenvalue weighted by Crippen LogP contribution is 2.24. The van der Waals surface area contributed by atoms with Gasteiger partial charge >= 0.3 is 5.97 Å². The predicted octanol–water partition coefficient (Wildman–Crippen LogP) is 6.38. The molecular weight excluding hydrogens is 528 g/mol. The van der Waals surface area contributed by atoms with E-state index in [4.69, 9.17) is 16.3 Å². The van der Waals surface area contributed by atoms with Gasteiger partial charge in [-0.2, -0.15) is 0 Å². The second kappa shape index (κ2) is 11.4. The van der Waals surface area contributed by atoms with E-state index in [1.54, 1.807) is 12.1 Å². The molecule has 1 atom stereocenters. The van der Waals surface area contributed by atoms with Crippen LogP contribution in [0.1, 0.15) is 21.5 Å². The van der Waals surface area contributed by atoms with Crippen LogP contribution in [-0.2, 0) is 22.5 Å². The Balaban J connectivity index is 1.49. The van der Waals surface area contributed by atoms with Gasteiger partial charge in [-0.1, -0.05) is 82.1 Å². The Bertz CT molecular complexity index is 1350. The molecule has 0 heterocycles. The van der Waals surface area contributed by atoms with E-state index in [-0.39, 0.29) is 5.56 Å². The van der Waals surface area contributed by atoms with Crippen LogP contribution in [0, 0.1) is 0 Å². The van der Waals surface area contributed by atoms with Crippen molar-refractivity contribution < 1.29 is 14.3 Å². The van der Waals surface area contributed by atoms with Gasteiger partial charge in [0.25, 0.3) is 5.91 Å². The molecule has 0 radical (unpaired) electrons. The summed E-state index contributed by atoms with van der Waals surface area (Å²) in [6.45, 7) is 0.582. The molecule has 4 aromatic carbocycles. The lowest BCUT2D eigenvalue weighted by Gasteiger charge is -2.18. The topological polar surface area (TPSA) is 67.4 Å². The number of esters is 1. The van der Waals surface area contributed by atoms with Crippen LogP contribution in [-0.4, -0.2) is 25.0 Å². The Labute approximate surface area is 217 Å². The normalized spacial score (nSPS) is 11.6. The van der Waals surface area contributed by atoms with Crippen molar-refractivity contribution in [2.45, 2.75) is 19.0 Å². The maximum absolute atomic E-state index is 13.1. The summed E-state index contributed by atoms with van der Waals surface area (Å²) in [5.41, 5.74) is 3.05. The number of halogens is 2. The zero-order valence-corrected chi connectivity index (χ0v) is 21.4. The van der Waals surface area contributed by atoms with Crippen LogP contribution in [0.15, 0.2) is 89.4 Å². The molecule has 2 N–H and O–H groups in total. The summed E-state index contributed by atoms with van der Waals surface area (Å²) in [6.07, 6.45) is 0.294. The highest BCUT2D eigenvalue weighted by atomic mass is 79.9. The molecule has 0 fully saturated rings. The number of anilines is 1. The van der Waals surface area contributed by atoms with E-state index in [2.05, 4.69) is 50.8 Å². The number of carbonyl (C=O) groups is 2. The number of benzene rings is 4. The molecule has 1 amide bonds.